The second-order valence-corrected chi connectivity index (χ2v) is 6.31. The fourth-order valence-corrected chi connectivity index (χ4v) is 3.47. The van der Waals surface area contributed by atoms with Gasteiger partial charge in [-0.25, -0.2) is 0 Å². The molecule has 1 heterocycles. The van der Waals surface area contributed by atoms with Crippen LogP contribution in [0, 0.1) is 13.8 Å². The molecular weight excluding hydrogens is 274 g/mol. The van der Waals surface area contributed by atoms with Crippen LogP contribution in [-0.4, -0.2) is 22.0 Å². The van der Waals surface area contributed by atoms with Gasteiger partial charge in [0.05, 0.1) is 0 Å². The highest BCUT2D eigenvalue weighted by atomic mass is 16.3. The topological polar surface area (TPSA) is 40.5 Å². The molecule has 0 unspecified atom stereocenters. The molecule has 114 valence electrons. The minimum Gasteiger partial charge on any atom is -0.363 e. The van der Waals surface area contributed by atoms with Crippen LogP contribution in [0.25, 0.3) is 0 Å². The Morgan fingerprint density at radius 3 is 2.36 bits per heavy atom. The van der Waals surface area contributed by atoms with E-state index in [1.807, 2.05) is 64.1 Å². The maximum Gasteiger partial charge on any atom is 0.257 e. The number of nitrogens with zero attached hydrogens (tertiary/aromatic N) is 1. The quantitative estimate of drug-likeness (QED) is 0.923. The van der Waals surface area contributed by atoms with Crippen LogP contribution < -0.4 is 0 Å². The molecule has 1 aliphatic rings. The highest BCUT2D eigenvalue weighted by Gasteiger charge is 2.51. The predicted octanol–water partition coefficient (Wildman–Crippen LogP) is 3.36. The van der Waals surface area contributed by atoms with Crippen LogP contribution in [0.1, 0.15) is 46.5 Å². The van der Waals surface area contributed by atoms with Crippen LogP contribution in [0.3, 0.4) is 0 Å². The van der Waals surface area contributed by atoms with Crippen molar-refractivity contribution in [2.45, 2.75) is 39.5 Å². The summed E-state index contributed by atoms with van der Waals surface area (Å²) in [5.74, 6) is -0.118. The van der Waals surface area contributed by atoms with Gasteiger partial charge in [0.2, 0.25) is 0 Å². The Kier molecular flexibility index (Phi) is 3.33. The summed E-state index contributed by atoms with van der Waals surface area (Å²) < 4.78 is 0. The van der Waals surface area contributed by atoms with Crippen molar-refractivity contribution in [3.8, 4) is 0 Å². The molecule has 0 radical (unpaired) electrons. The number of amides is 1. The van der Waals surface area contributed by atoms with Crippen LogP contribution in [-0.2, 0) is 5.72 Å². The maximum atomic E-state index is 12.8. The number of benzene rings is 2. The Labute approximate surface area is 131 Å². The van der Waals surface area contributed by atoms with Crippen LogP contribution in [0.4, 0.5) is 0 Å². The van der Waals surface area contributed by atoms with E-state index in [0.717, 1.165) is 16.7 Å². The molecule has 1 N–H and O–H groups in total. The molecule has 2 aromatic rings. The molecule has 3 heteroatoms. The van der Waals surface area contributed by atoms with Gasteiger partial charge in [-0.1, -0.05) is 42.0 Å². The van der Waals surface area contributed by atoms with Crippen LogP contribution in [0.15, 0.2) is 42.5 Å². The first kappa shape index (κ1) is 14.8. The lowest BCUT2D eigenvalue weighted by Gasteiger charge is -2.38. The van der Waals surface area contributed by atoms with Crippen molar-refractivity contribution in [2.75, 3.05) is 0 Å². The summed E-state index contributed by atoms with van der Waals surface area (Å²) >= 11 is 0. The first-order chi connectivity index (χ1) is 10.4. The first-order valence-corrected chi connectivity index (χ1v) is 7.60. The predicted molar refractivity (Wildman–Crippen MR) is 86.7 cm³/mol. The second kappa shape index (κ2) is 4.96. The molecule has 22 heavy (non-hydrogen) atoms. The SMILES string of the molecule is Cc1ccc([C@]2(O)c3ccccc3C(=O)N2C(C)C)c(C)c1. The van der Waals surface area contributed by atoms with Gasteiger partial charge in [0.15, 0.2) is 5.72 Å². The van der Waals surface area contributed by atoms with Gasteiger partial charge in [0.25, 0.3) is 5.91 Å². The molecule has 1 amide bonds. The van der Waals surface area contributed by atoms with Crippen molar-refractivity contribution >= 4 is 5.91 Å². The lowest BCUT2D eigenvalue weighted by Crippen LogP contribution is -2.48. The van der Waals surface area contributed by atoms with E-state index in [0.29, 0.717) is 11.1 Å². The fraction of sp³-hybridized carbons (Fsp3) is 0.316. The minimum atomic E-state index is -1.40. The van der Waals surface area contributed by atoms with Gasteiger partial charge < -0.3 is 5.11 Å². The van der Waals surface area contributed by atoms with Gasteiger partial charge in [-0.2, -0.15) is 0 Å². The zero-order chi connectivity index (χ0) is 16.1. The standard InChI is InChI=1S/C19H21NO2/c1-12(2)20-18(21)15-7-5-6-8-17(15)19(20,22)16-10-9-13(3)11-14(16)4/h5-12,22H,1-4H3/t19-/m0/s1. The van der Waals surface area contributed by atoms with Gasteiger partial charge >= 0.3 is 0 Å². The number of fused-ring (bicyclic) bond motifs is 1. The minimum absolute atomic E-state index is 0.106. The van der Waals surface area contributed by atoms with E-state index >= 15 is 0 Å². The van der Waals surface area contributed by atoms with Crippen molar-refractivity contribution in [3.05, 3.63) is 70.3 Å². The van der Waals surface area contributed by atoms with Gasteiger partial charge in [0.1, 0.15) is 0 Å². The van der Waals surface area contributed by atoms with Crippen molar-refractivity contribution in [2.24, 2.45) is 0 Å². The highest BCUT2D eigenvalue weighted by molar-refractivity contribution is 6.00. The lowest BCUT2D eigenvalue weighted by atomic mass is 9.89. The van der Waals surface area contributed by atoms with Crippen molar-refractivity contribution in [1.82, 2.24) is 4.90 Å². The molecule has 0 aliphatic carbocycles. The number of carbonyl (C=O) groups is 1. The van der Waals surface area contributed by atoms with Gasteiger partial charge in [0, 0.05) is 22.7 Å². The summed E-state index contributed by atoms with van der Waals surface area (Å²) in [5.41, 5.74) is 2.74. The third kappa shape index (κ3) is 1.89. The summed E-state index contributed by atoms with van der Waals surface area (Å²) in [6, 6.07) is 13.2. The molecule has 0 spiro atoms. The van der Waals surface area contributed by atoms with Crippen LogP contribution >= 0.6 is 0 Å². The maximum absolute atomic E-state index is 12.8. The van der Waals surface area contributed by atoms with Crippen molar-refractivity contribution in [3.63, 3.8) is 0 Å². The third-order valence-corrected chi connectivity index (χ3v) is 4.37. The average molecular weight is 295 g/mol. The van der Waals surface area contributed by atoms with E-state index in [1.54, 1.807) is 11.0 Å². The molecule has 1 atom stereocenters. The number of aryl methyl sites for hydroxylation is 2. The third-order valence-electron chi connectivity index (χ3n) is 4.37. The second-order valence-electron chi connectivity index (χ2n) is 6.31. The molecule has 0 fully saturated rings. The lowest BCUT2D eigenvalue weighted by molar-refractivity contribution is -0.0641. The van der Waals surface area contributed by atoms with E-state index in [-0.39, 0.29) is 11.9 Å². The first-order valence-electron chi connectivity index (χ1n) is 7.60. The van der Waals surface area contributed by atoms with Crippen molar-refractivity contribution < 1.29 is 9.90 Å². The average Bonchev–Trinajstić information content (AvgIpc) is 2.68. The van der Waals surface area contributed by atoms with Gasteiger partial charge in [-0.15, -0.1) is 0 Å². The monoisotopic (exact) mass is 295 g/mol. The van der Waals surface area contributed by atoms with Crippen molar-refractivity contribution in [1.29, 1.82) is 0 Å². The van der Waals surface area contributed by atoms with E-state index in [9.17, 15) is 9.90 Å². The van der Waals surface area contributed by atoms with Gasteiger partial charge in [-0.05, 0) is 39.3 Å². The summed E-state index contributed by atoms with van der Waals surface area (Å²) in [6.07, 6.45) is 0. The molecule has 1 aliphatic heterocycles. The Morgan fingerprint density at radius 2 is 1.73 bits per heavy atom. The molecular formula is C19H21NO2. The number of aliphatic hydroxyl groups is 1. The summed E-state index contributed by atoms with van der Waals surface area (Å²) in [4.78, 5) is 14.4. The largest absolute Gasteiger partial charge is 0.363 e. The molecule has 3 nitrogen and oxygen atoms in total. The highest BCUT2D eigenvalue weighted by Crippen LogP contribution is 2.44. The number of hydrogen-bond donors (Lipinski definition) is 1. The van der Waals surface area contributed by atoms with Crippen LogP contribution in [0.5, 0.6) is 0 Å². The Hall–Kier alpha value is -2.13. The van der Waals surface area contributed by atoms with Gasteiger partial charge in [-0.3, -0.25) is 9.69 Å². The van der Waals surface area contributed by atoms with E-state index in [1.165, 1.54) is 0 Å². The Morgan fingerprint density at radius 1 is 1.05 bits per heavy atom. The number of rotatable bonds is 2. The number of hydrogen-bond acceptors (Lipinski definition) is 2. The molecule has 3 rings (SSSR count). The van der Waals surface area contributed by atoms with E-state index in [2.05, 4.69) is 0 Å². The summed E-state index contributed by atoms with van der Waals surface area (Å²) in [7, 11) is 0. The van der Waals surface area contributed by atoms with E-state index in [4.69, 9.17) is 0 Å². The Bertz CT molecular complexity index is 751. The molecule has 0 saturated carbocycles. The fourth-order valence-electron chi connectivity index (χ4n) is 3.47. The van der Waals surface area contributed by atoms with E-state index < -0.39 is 5.72 Å². The molecule has 0 saturated heterocycles. The smallest absolute Gasteiger partial charge is 0.257 e. The normalized spacial score (nSPS) is 20.6. The molecule has 2 aromatic carbocycles. The zero-order valence-electron chi connectivity index (χ0n) is 13.4. The van der Waals surface area contributed by atoms with Crippen LogP contribution in [0.2, 0.25) is 0 Å². The molecule has 0 aromatic heterocycles. The molecule has 0 bridgehead atoms. The number of carbonyl (C=O) groups excluding carboxylic acids is 1. The zero-order valence-corrected chi connectivity index (χ0v) is 13.4. The Balaban J connectivity index is 2.31. The summed E-state index contributed by atoms with van der Waals surface area (Å²) in [6.45, 7) is 7.86. The summed E-state index contributed by atoms with van der Waals surface area (Å²) in [5, 5.41) is 11.6.